The van der Waals surface area contributed by atoms with Crippen LogP contribution < -0.4 is 4.72 Å². The summed E-state index contributed by atoms with van der Waals surface area (Å²) in [6, 6.07) is 2.53. The summed E-state index contributed by atoms with van der Waals surface area (Å²) in [5.41, 5.74) is 0.241. The van der Waals surface area contributed by atoms with Gasteiger partial charge in [0.1, 0.15) is 10.7 Å². The van der Waals surface area contributed by atoms with Gasteiger partial charge in [-0.1, -0.05) is 0 Å². The van der Waals surface area contributed by atoms with Gasteiger partial charge in [0.15, 0.2) is 0 Å². The Kier molecular flexibility index (Phi) is 5.00. The lowest BCUT2D eigenvalue weighted by atomic mass is 10.2. The molecule has 1 aromatic carbocycles. The quantitative estimate of drug-likeness (QED) is 0.694. The van der Waals surface area contributed by atoms with Crippen molar-refractivity contribution >= 4 is 21.1 Å². The molecule has 152 valence electrons. The third-order valence-corrected chi connectivity index (χ3v) is 6.04. The molecule has 0 unspecified atom stereocenters. The van der Waals surface area contributed by atoms with E-state index in [9.17, 15) is 21.6 Å². The lowest BCUT2D eigenvalue weighted by molar-refractivity contribution is -0.137. The molecule has 2 heterocycles. The Bertz CT molecular complexity index is 1130. The number of rotatable bonds is 5. The Balaban J connectivity index is 2.02. The number of aryl methyl sites for hydroxylation is 3. The number of imidazole rings is 1. The second kappa shape index (κ2) is 6.89. The van der Waals surface area contributed by atoms with E-state index in [4.69, 9.17) is 0 Å². The molecule has 1 N–H and O–H groups in total. The number of sulfonamides is 1. The van der Waals surface area contributed by atoms with Crippen LogP contribution in [0.4, 0.5) is 13.2 Å². The van der Waals surface area contributed by atoms with E-state index in [1.807, 2.05) is 0 Å². The first-order valence-corrected chi connectivity index (χ1v) is 10.0. The summed E-state index contributed by atoms with van der Waals surface area (Å²) in [5, 5.41) is 4.03. The molecule has 0 saturated carbocycles. The highest BCUT2D eigenvalue weighted by molar-refractivity contribution is 7.89. The van der Waals surface area contributed by atoms with Crippen molar-refractivity contribution in [2.75, 3.05) is 0 Å². The Hall–Kier alpha value is -2.40. The molecular weight excluding hydrogens is 395 g/mol. The van der Waals surface area contributed by atoms with Crippen LogP contribution in [0.2, 0.25) is 0 Å². The number of halogens is 3. The molecule has 28 heavy (non-hydrogen) atoms. The van der Waals surface area contributed by atoms with Gasteiger partial charge in [-0.2, -0.15) is 18.3 Å². The van der Waals surface area contributed by atoms with E-state index in [-0.39, 0.29) is 4.90 Å². The fraction of sp³-hybridized carbons (Fsp3) is 0.412. The van der Waals surface area contributed by atoms with Crippen LogP contribution in [-0.2, 0) is 29.8 Å². The van der Waals surface area contributed by atoms with Crippen LogP contribution in [0.3, 0.4) is 0 Å². The molecule has 0 spiro atoms. The number of benzene rings is 1. The molecule has 0 amide bonds. The molecular formula is C17H20F3N5O2S. The molecule has 3 aromatic rings. The van der Waals surface area contributed by atoms with Crippen molar-refractivity contribution in [1.29, 1.82) is 0 Å². The second-order valence-corrected chi connectivity index (χ2v) is 8.19. The highest BCUT2D eigenvalue weighted by Gasteiger charge is 2.32. The summed E-state index contributed by atoms with van der Waals surface area (Å²) >= 11 is 0. The van der Waals surface area contributed by atoms with Crippen LogP contribution in [-0.4, -0.2) is 27.7 Å². The molecule has 0 fully saturated rings. The van der Waals surface area contributed by atoms with Gasteiger partial charge in [-0.25, -0.2) is 18.1 Å². The van der Waals surface area contributed by atoms with Crippen molar-refractivity contribution in [3.8, 4) is 0 Å². The summed E-state index contributed by atoms with van der Waals surface area (Å²) in [6.07, 6.45) is -3.08. The normalized spacial score (nSPS) is 14.0. The summed E-state index contributed by atoms with van der Waals surface area (Å²) in [4.78, 5) is 4.40. The van der Waals surface area contributed by atoms with E-state index in [1.165, 1.54) is 16.9 Å². The van der Waals surface area contributed by atoms with Crippen molar-refractivity contribution in [1.82, 2.24) is 24.1 Å². The first-order chi connectivity index (χ1) is 12.9. The average molecular weight is 415 g/mol. The van der Waals surface area contributed by atoms with E-state index >= 15 is 0 Å². The minimum Gasteiger partial charge on any atom is -0.327 e. The Morgan fingerprint density at radius 1 is 1.29 bits per heavy atom. The predicted octanol–water partition coefficient (Wildman–Crippen LogP) is 3.16. The minimum atomic E-state index is -4.47. The molecule has 11 heteroatoms. The summed E-state index contributed by atoms with van der Waals surface area (Å²) in [5.74, 6) is 0.335. The van der Waals surface area contributed by atoms with Gasteiger partial charge in [-0.15, -0.1) is 0 Å². The molecule has 2 aromatic heterocycles. The maximum Gasteiger partial charge on any atom is 0.416 e. The maximum atomic E-state index is 13.0. The molecule has 7 nitrogen and oxygen atoms in total. The van der Waals surface area contributed by atoms with Crippen LogP contribution in [0.15, 0.2) is 29.3 Å². The number of hydrogen-bond acceptors (Lipinski definition) is 4. The van der Waals surface area contributed by atoms with Gasteiger partial charge in [-0.3, -0.25) is 4.68 Å². The van der Waals surface area contributed by atoms with Crippen molar-refractivity contribution in [2.24, 2.45) is 7.05 Å². The van der Waals surface area contributed by atoms with Crippen molar-refractivity contribution in [3.63, 3.8) is 0 Å². The van der Waals surface area contributed by atoms with Crippen LogP contribution in [0, 0.1) is 6.92 Å². The molecule has 0 aliphatic heterocycles. The SMILES string of the molecule is CCn1c([C@@H](C)NS(=O)(=O)c2cn(C)nc2C)nc2ccc(C(F)(F)F)cc21. The van der Waals surface area contributed by atoms with Crippen LogP contribution >= 0.6 is 0 Å². The third kappa shape index (κ3) is 3.63. The number of alkyl halides is 3. The predicted molar refractivity (Wildman–Crippen MR) is 97.1 cm³/mol. The first-order valence-electron chi connectivity index (χ1n) is 8.54. The van der Waals surface area contributed by atoms with Crippen molar-refractivity contribution < 1.29 is 21.6 Å². The third-order valence-electron chi connectivity index (χ3n) is 4.40. The Morgan fingerprint density at radius 3 is 2.50 bits per heavy atom. The maximum absolute atomic E-state index is 13.0. The molecule has 0 radical (unpaired) electrons. The van der Waals surface area contributed by atoms with Crippen molar-refractivity contribution in [2.45, 2.75) is 44.4 Å². The molecule has 0 bridgehead atoms. The Morgan fingerprint density at radius 2 is 1.96 bits per heavy atom. The van der Waals surface area contributed by atoms with Crippen molar-refractivity contribution in [3.05, 3.63) is 41.5 Å². The summed E-state index contributed by atoms with van der Waals surface area (Å²) in [6.45, 7) is 5.28. The number of aromatic nitrogens is 4. The van der Waals surface area contributed by atoms with E-state index < -0.39 is 27.8 Å². The van der Waals surface area contributed by atoms with Gasteiger partial charge in [0.25, 0.3) is 0 Å². The van der Waals surface area contributed by atoms with Gasteiger partial charge < -0.3 is 4.57 Å². The monoisotopic (exact) mass is 415 g/mol. The lowest BCUT2D eigenvalue weighted by Crippen LogP contribution is -2.29. The molecule has 3 rings (SSSR count). The van der Waals surface area contributed by atoms with E-state index in [0.717, 1.165) is 12.1 Å². The zero-order valence-electron chi connectivity index (χ0n) is 15.7. The average Bonchev–Trinajstić information content (AvgIpc) is 3.12. The van der Waals surface area contributed by atoms with Gasteiger partial charge in [0, 0.05) is 19.8 Å². The summed E-state index contributed by atoms with van der Waals surface area (Å²) < 4.78 is 70.0. The zero-order chi connectivity index (χ0) is 20.9. The summed E-state index contributed by atoms with van der Waals surface area (Å²) in [7, 11) is -2.26. The number of hydrogen-bond donors (Lipinski definition) is 1. The fourth-order valence-electron chi connectivity index (χ4n) is 3.17. The first kappa shape index (κ1) is 20.3. The number of fused-ring (bicyclic) bond motifs is 1. The van der Waals surface area contributed by atoms with Gasteiger partial charge in [0.2, 0.25) is 10.0 Å². The van der Waals surface area contributed by atoms with Crippen LogP contribution in [0.1, 0.15) is 37.0 Å². The zero-order valence-corrected chi connectivity index (χ0v) is 16.6. The van der Waals surface area contributed by atoms with Gasteiger partial charge >= 0.3 is 6.18 Å². The highest BCUT2D eigenvalue weighted by Crippen LogP contribution is 2.32. The number of nitrogens with zero attached hydrogens (tertiary/aromatic N) is 4. The second-order valence-electron chi connectivity index (χ2n) is 6.51. The fourth-order valence-corrected chi connectivity index (χ4v) is 4.59. The van der Waals surface area contributed by atoms with Crippen LogP contribution in [0.5, 0.6) is 0 Å². The molecule has 0 saturated heterocycles. The van der Waals surface area contributed by atoms with Gasteiger partial charge in [0.05, 0.1) is 28.3 Å². The van der Waals surface area contributed by atoms with Crippen LogP contribution in [0.25, 0.3) is 11.0 Å². The highest BCUT2D eigenvalue weighted by atomic mass is 32.2. The Labute approximate surface area is 160 Å². The number of nitrogens with one attached hydrogen (secondary N) is 1. The minimum absolute atomic E-state index is 0.0420. The molecule has 1 atom stereocenters. The topological polar surface area (TPSA) is 81.8 Å². The standard InChI is InChI=1S/C17H20F3N5O2S/c1-5-25-14-8-12(17(18,19)20)6-7-13(14)21-16(25)11(3)23-28(26,27)15-9-24(4)22-10(15)2/h6-9,11,23H,5H2,1-4H3/t11-/m1/s1. The van der Waals surface area contributed by atoms with E-state index in [1.54, 1.807) is 32.4 Å². The lowest BCUT2D eigenvalue weighted by Gasteiger charge is -2.15. The smallest absolute Gasteiger partial charge is 0.327 e. The van der Waals surface area contributed by atoms with Gasteiger partial charge in [-0.05, 0) is 39.0 Å². The molecule has 0 aliphatic carbocycles. The molecule has 0 aliphatic rings. The largest absolute Gasteiger partial charge is 0.416 e. The van der Waals surface area contributed by atoms with E-state index in [0.29, 0.717) is 29.1 Å². The van der Waals surface area contributed by atoms with E-state index in [2.05, 4.69) is 14.8 Å².